The van der Waals surface area contributed by atoms with Gasteiger partial charge >= 0.3 is 35.5 Å². The van der Waals surface area contributed by atoms with Crippen LogP contribution in [0.15, 0.2) is 22.8 Å². The van der Waals surface area contributed by atoms with Gasteiger partial charge in [0.15, 0.2) is 0 Å². The second kappa shape index (κ2) is 11.3. The van der Waals surface area contributed by atoms with Crippen molar-refractivity contribution in [1.29, 1.82) is 0 Å². The standard InChI is InChI=1S/C31H48O6.Na/c1-17(2)9-8-10-20(28(35)36)26-22-15-24(34)27-29(5)13-12-23(33)18(3)21(29)11-14-30(27,6)31(22,7)16-25(26)37-19(4)32;/h9,18,21-25,27,33-34H,8,10-16H2,1-7H3,(H,35,36);/q;+1/p-1/b26-20+;/t18-,21-,22-,23+,24+,25-,27-,29-,30?,31-;/m0./s1. The van der Waals surface area contributed by atoms with Crippen LogP contribution in [-0.4, -0.2) is 40.5 Å². The summed E-state index contributed by atoms with van der Waals surface area (Å²) >= 11 is 0. The predicted octanol–water partition coefficient (Wildman–Crippen LogP) is 1.34. The van der Waals surface area contributed by atoms with E-state index < -0.39 is 24.1 Å². The number of esters is 1. The second-order valence-electron chi connectivity index (χ2n) is 13.6. The van der Waals surface area contributed by atoms with Crippen LogP contribution in [0.3, 0.4) is 0 Å². The molecule has 0 bridgehead atoms. The molecule has 6 nitrogen and oxygen atoms in total. The molecule has 4 aliphatic rings. The first-order valence-electron chi connectivity index (χ1n) is 14.3. The molecule has 1 unspecified atom stereocenters. The molecule has 0 spiro atoms. The van der Waals surface area contributed by atoms with Crippen LogP contribution in [0.25, 0.3) is 0 Å². The van der Waals surface area contributed by atoms with E-state index in [1.165, 1.54) is 6.92 Å². The van der Waals surface area contributed by atoms with Gasteiger partial charge in [-0.05, 0) is 116 Å². The summed E-state index contributed by atoms with van der Waals surface area (Å²) in [4.78, 5) is 24.7. The van der Waals surface area contributed by atoms with E-state index >= 15 is 0 Å². The average Bonchev–Trinajstić information content (AvgIpc) is 3.05. The number of allylic oxidation sites excluding steroid dienone is 2. The number of aliphatic hydroxyl groups excluding tert-OH is 2. The number of carbonyl (C=O) groups excluding carboxylic acids is 2. The number of aliphatic hydroxyl groups is 2. The Kier molecular flexibility index (Phi) is 9.49. The quantitative estimate of drug-likeness (QED) is 0.237. The molecule has 0 saturated heterocycles. The molecule has 0 amide bonds. The zero-order chi connectivity index (χ0) is 27.5. The fraction of sp³-hybridized carbons (Fsp3) is 0.806. The van der Waals surface area contributed by atoms with Gasteiger partial charge in [-0.1, -0.05) is 39.3 Å². The van der Waals surface area contributed by atoms with Gasteiger partial charge in [0.1, 0.15) is 6.10 Å². The van der Waals surface area contributed by atoms with Gasteiger partial charge in [-0.2, -0.15) is 0 Å². The van der Waals surface area contributed by atoms with Crippen LogP contribution in [-0.2, 0) is 14.3 Å². The van der Waals surface area contributed by atoms with Crippen LogP contribution in [0.1, 0.15) is 99.8 Å². The molecular weight excluding hydrogens is 491 g/mol. The van der Waals surface area contributed by atoms with Gasteiger partial charge in [0.2, 0.25) is 0 Å². The summed E-state index contributed by atoms with van der Waals surface area (Å²) in [6.07, 6.45) is 5.92. The molecule has 4 aliphatic carbocycles. The third kappa shape index (κ3) is 5.00. The minimum absolute atomic E-state index is 0. The van der Waals surface area contributed by atoms with Crippen LogP contribution in [0.5, 0.6) is 0 Å². The minimum Gasteiger partial charge on any atom is -0.545 e. The monoisotopic (exact) mass is 538 g/mol. The zero-order valence-electron chi connectivity index (χ0n) is 24.8. The molecule has 0 aromatic heterocycles. The molecule has 2 N–H and O–H groups in total. The molecule has 4 fully saturated rings. The summed E-state index contributed by atoms with van der Waals surface area (Å²) in [7, 11) is 0. The summed E-state index contributed by atoms with van der Waals surface area (Å²) < 4.78 is 5.84. The smallest absolute Gasteiger partial charge is 0.545 e. The number of hydrogen-bond donors (Lipinski definition) is 2. The van der Waals surface area contributed by atoms with E-state index in [9.17, 15) is 24.9 Å². The van der Waals surface area contributed by atoms with E-state index in [2.05, 4.69) is 27.7 Å². The van der Waals surface area contributed by atoms with E-state index in [0.717, 1.165) is 31.3 Å². The van der Waals surface area contributed by atoms with Crippen LogP contribution >= 0.6 is 0 Å². The SMILES string of the molecule is CC(=O)O[C@H]1C[C@@]2(C)[C@@H](C[C@@H](O)[C@@H]3C2(C)CC[C@H]2[C@H](C)[C@H](O)CC[C@]32C)/C1=C(/CCC=C(C)C)C(=O)[O-].[Na+]. The molecule has 0 heterocycles. The maximum absolute atomic E-state index is 12.5. The van der Waals surface area contributed by atoms with Gasteiger partial charge in [0, 0.05) is 6.92 Å². The first-order chi connectivity index (χ1) is 17.2. The molecule has 0 aromatic carbocycles. The number of aliphatic carboxylic acids is 1. The molecule has 208 valence electrons. The number of rotatable bonds is 5. The van der Waals surface area contributed by atoms with Gasteiger partial charge in [0.05, 0.1) is 18.2 Å². The van der Waals surface area contributed by atoms with Crippen LogP contribution in [0, 0.1) is 39.9 Å². The van der Waals surface area contributed by atoms with Crippen molar-refractivity contribution in [2.75, 3.05) is 0 Å². The van der Waals surface area contributed by atoms with E-state index in [-0.39, 0.29) is 75.2 Å². The maximum Gasteiger partial charge on any atom is 1.00 e. The summed E-state index contributed by atoms with van der Waals surface area (Å²) in [5, 5.41) is 35.0. The molecular formula is C31H47NaO6. The van der Waals surface area contributed by atoms with Gasteiger partial charge < -0.3 is 24.9 Å². The van der Waals surface area contributed by atoms with Crippen molar-refractivity contribution < 1.29 is 59.2 Å². The Morgan fingerprint density at radius 1 is 1.05 bits per heavy atom. The van der Waals surface area contributed by atoms with E-state index in [4.69, 9.17) is 4.74 Å². The van der Waals surface area contributed by atoms with Gasteiger partial charge in [-0.3, -0.25) is 4.79 Å². The topological polar surface area (TPSA) is 107 Å². The van der Waals surface area contributed by atoms with E-state index in [0.29, 0.717) is 37.2 Å². The fourth-order valence-electron chi connectivity index (χ4n) is 9.78. The zero-order valence-corrected chi connectivity index (χ0v) is 26.8. The second-order valence-corrected chi connectivity index (χ2v) is 13.6. The fourth-order valence-corrected chi connectivity index (χ4v) is 9.78. The number of fused-ring (bicyclic) bond motifs is 5. The van der Waals surface area contributed by atoms with Gasteiger partial charge in [-0.25, -0.2) is 0 Å². The van der Waals surface area contributed by atoms with Crippen molar-refractivity contribution in [3.05, 3.63) is 22.8 Å². The average molecular weight is 539 g/mol. The first kappa shape index (κ1) is 31.9. The van der Waals surface area contributed by atoms with Crippen LogP contribution in [0.2, 0.25) is 0 Å². The third-order valence-electron chi connectivity index (χ3n) is 11.6. The third-order valence-corrected chi connectivity index (χ3v) is 11.6. The maximum atomic E-state index is 12.5. The van der Waals surface area contributed by atoms with E-state index in [1.807, 2.05) is 19.9 Å². The first-order valence-corrected chi connectivity index (χ1v) is 14.3. The van der Waals surface area contributed by atoms with Gasteiger partial charge in [-0.15, -0.1) is 0 Å². The molecule has 38 heavy (non-hydrogen) atoms. The number of carboxylic acids is 1. The van der Waals surface area contributed by atoms with Crippen molar-refractivity contribution in [1.82, 2.24) is 0 Å². The van der Waals surface area contributed by atoms with E-state index in [1.54, 1.807) is 0 Å². The minimum atomic E-state index is -1.20. The van der Waals surface area contributed by atoms with Crippen molar-refractivity contribution >= 4 is 11.9 Å². The Morgan fingerprint density at radius 3 is 2.29 bits per heavy atom. The van der Waals surface area contributed by atoms with Gasteiger partial charge in [0.25, 0.3) is 0 Å². The number of ether oxygens (including phenoxy) is 1. The number of carbonyl (C=O) groups is 2. The van der Waals surface area contributed by atoms with Crippen molar-refractivity contribution in [3.8, 4) is 0 Å². The normalized spacial score (nSPS) is 45.0. The number of carboxylic acid groups (broad SMARTS) is 1. The summed E-state index contributed by atoms with van der Waals surface area (Å²) in [5.74, 6) is -1.25. The number of hydrogen-bond acceptors (Lipinski definition) is 6. The summed E-state index contributed by atoms with van der Waals surface area (Å²) in [6, 6.07) is 0. The Bertz CT molecular complexity index is 1000. The van der Waals surface area contributed by atoms with Crippen LogP contribution < -0.4 is 34.7 Å². The van der Waals surface area contributed by atoms with Crippen molar-refractivity contribution in [3.63, 3.8) is 0 Å². The van der Waals surface area contributed by atoms with Crippen LogP contribution in [0.4, 0.5) is 0 Å². The largest absolute Gasteiger partial charge is 1.00 e. The Labute approximate surface area is 251 Å². The molecule has 4 rings (SSSR count). The summed E-state index contributed by atoms with van der Waals surface area (Å²) in [6.45, 7) is 14.4. The molecule has 4 saturated carbocycles. The van der Waals surface area contributed by atoms with Crippen molar-refractivity contribution in [2.24, 2.45) is 39.9 Å². The Morgan fingerprint density at radius 2 is 1.71 bits per heavy atom. The molecule has 0 radical (unpaired) electrons. The van der Waals surface area contributed by atoms with Crippen molar-refractivity contribution in [2.45, 2.75) is 118 Å². The Hall–Kier alpha value is -0.660. The molecule has 7 heteroatoms. The Balaban J connectivity index is 0.00000400. The predicted molar refractivity (Wildman–Crippen MR) is 140 cm³/mol. The molecule has 0 aliphatic heterocycles. The summed E-state index contributed by atoms with van der Waals surface area (Å²) in [5.41, 5.74) is 1.31. The molecule has 10 atom stereocenters. The molecule has 0 aromatic rings.